The Morgan fingerprint density at radius 1 is 0.314 bits per heavy atom. The topological polar surface area (TPSA) is 40.6 Å². The Labute approximate surface area is 292 Å². The van der Waals surface area contributed by atoms with Crippen molar-refractivity contribution in [3.8, 4) is 28.5 Å². The number of aromatic nitrogens is 5. The molecular formula is C46H29N5. The third-order valence-corrected chi connectivity index (χ3v) is 10.3. The molecular weight excluding hydrogens is 623 g/mol. The number of hydrogen-bond donors (Lipinski definition) is 0. The van der Waals surface area contributed by atoms with E-state index < -0.39 is 0 Å². The number of nitrogens with zero attached hydrogens (tertiary/aromatic N) is 5. The van der Waals surface area contributed by atoms with Crippen LogP contribution in [0.1, 0.15) is 0 Å². The summed E-state index contributed by atoms with van der Waals surface area (Å²) in [5, 5.41) is 7.11. The molecule has 0 atom stereocenters. The van der Waals surface area contributed by atoms with Gasteiger partial charge in [0.1, 0.15) is 0 Å². The lowest BCUT2D eigenvalue weighted by molar-refractivity contribution is 0.775. The van der Waals surface area contributed by atoms with Gasteiger partial charge in [-0.3, -0.25) is 4.57 Å². The van der Waals surface area contributed by atoms with Gasteiger partial charge in [0.15, 0.2) is 0 Å². The van der Waals surface area contributed by atoms with Gasteiger partial charge in [-0.15, -0.1) is 0 Å². The van der Waals surface area contributed by atoms with E-state index in [9.17, 15) is 0 Å². The zero-order chi connectivity index (χ0) is 33.5. The van der Waals surface area contributed by atoms with Gasteiger partial charge in [-0.05, 0) is 30.3 Å². The van der Waals surface area contributed by atoms with Gasteiger partial charge in [0, 0.05) is 43.4 Å². The third kappa shape index (κ3) is 4.03. The molecule has 0 saturated carbocycles. The number of para-hydroxylation sites is 4. The predicted octanol–water partition coefficient (Wildman–Crippen LogP) is 11.4. The minimum absolute atomic E-state index is 0.632. The molecule has 7 aromatic carbocycles. The number of fused-ring (bicyclic) bond motifs is 10. The fourth-order valence-corrected chi connectivity index (χ4v) is 8.06. The predicted molar refractivity (Wildman–Crippen MR) is 210 cm³/mol. The number of rotatable bonds is 4. The molecule has 0 amide bonds. The highest BCUT2D eigenvalue weighted by Crippen LogP contribution is 2.42. The molecule has 0 radical (unpaired) electrons. The summed E-state index contributed by atoms with van der Waals surface area (Å²) in [5.74, 6) is 0.632. The quantitative estimate of drug-likeness (QED) is 0.190. The SMILES string of the molecule is c1ccc(-c2cc(-c3ccccc3)nc(-n3c4ccccc4c4ccc5c6ccccc6n(-n6c7ccccc7c7ccccc76)c5c43)n2)cc1. The van der Waals surface area contributed by atoms with Crippen LogP contribution in [0.15, 0.2) is 176 Å². The molecule has 4 aromatic heterocycles. The maximum Gasteiger partial charge on any atom is 0.235 e. The zero-order valence-corrected chi connectivity index (χ0v) is 27.5. The van der Waals surface area contributed by atoms with E-state index >= 15 is 0 Å². The summed E-state index contributed by atoms with van der Waals surface area (Å²) in [4.78, 5) is 10.7. The Morgan fingerprint density at radius 2 is 0.706 bits per heavy atom. The highest BCUT2D eigenvalue weighted by atomic mass is 15.5. The lowest BCUT2D eigenvalue weighted by Crippen LogP contribution is -2.10. The Kier molecular flexibility index (Phi) is 5.89. The highest BCUT2D eigenvalue weighted by molar-refractivity contribution is 6.23. The third-order valence-electron chi connectivity index (χ3n) is 10.3. The van der Waals surface area contributed by atoms with Crippen molar-refractivity contribution in [2.24, 2.45) is 0 Å². The Hall–Kier alpha value is -6.98. The normalized spacial score (nSPS) is 11.9. The lowest BCUT2D eigenvalue weighted by atomic mass is 10.1. The molecule has 0 N–H and O–H groups in total. The maximum atomic E-state index is 5.36. The first-order chi connectivity index (χ1) is 25.3. The molecule has 238 valence electrons. The summed E-state index contributed by atoms with van der Waals surface area (Å²) in [6.07, 6.45) is 0. The average molecular weight is 652 g/mol. The van der Waals surface area contributed by atoms with Crippen molar-refractivity contribution in [1.82, 2.24) is 23.9 Å². The second-order valence-corrected chi connectivity index (χ2v) is 13.1. The van der Waals surface area contributed by atoms with E-state index in [1.54, 1.807) is 0 Å². The van der Waals surface area contributed by atoms with Crippen LogP contribution < -0.4 is 0 Å². The molecule has 11 aromatic rings. The molecule has 0 unspecified atom stereocenters. The zero-order valence-electron chi connectivity index (χ0n) is 27.5. The largest absolute Gasteiger partial charge is 0.276 e. The van der Waals surface area contributed by atoms with E-state index in [1.165, 1.54) is 21.5 Å². The van der Waals surface area contributed by atoms with Crippen molar-refractivity contribution in [1.29, 1.82) is 0 Å². The van der Waals surface area contributed by atoms with Gasteiger partial charge in [0.2, 0.25) is 5.95 Å². The van der Waals surface area contributed by atoms with Crippen LogP contribution >= 0.6 is 0 Å². The van der Waals surface area contributed by atoms with Gasteiger partial charge in [0.05, 0.1) is 44.5 Å². The van der Waals surface area contributed by atoms with Crippen molar-refractivity contribution >= 4 is 65.4 Å². The number of hydrogen-bond acceptors (Lipinski definition) is 2. The van der Waals surface area contributed by atoms with Gasteiger partial charge in [-0.25, -0.2) is 19.3 Å². The molecule has 0 bridgehead atoms. The molecule has 0 spiro atoms. The van der Waals surface area contributed by atoms with E-state index in [-0.39, 0.29) is 0 Å². The van der Waals surface area contributed by atoms with Gasteiger partial charge in [0.25, 0.3) is 0 Å². The molecule has 0 aliphatic heterocycles. The monoisotopic (exact) mass is 651 g/mol. The lowest BCUT2D eigenvalue weighted by Gasteiger charge is -2.16. The minimum Gasteiger partial charge on any atom is -0.276 e. The van der Waals surface area contributed by atoms with E-state index in [1.807, 2.05) is 12.1 Å². The molecule has 0 fully saturated rings. The van der Waals surface area contributed by atoms with Crippen LogP contribution in [0.25, 0.3) is 93.9 Å². The summed E-state index contributed by atoms with van der Waals surface area (Å²) in [5.41, 5.74) is 10.5. The molecule has 0 aliphatic carbocycles. The van der Waals surface area contributed by atoms with E-state index in [2.05, 4.69) is 178 Å². The Balaban J connectivity index is 1.35. The first kappa shape index (κ1) is 27.9. The first-order valence-corrected chi connectivity index (χ1v) is 17.3. The summed E-state index contributed by atoms with van der Waals surface area (Å²) in [6, 6.07) is 62.3. The molecule has 4 heterocycles. The van der Waals surface area contributed by atoms with E-state index in [0.29, 0.717) is 5.95 Å². The average Bonchev–Trinajstić information content (AvgIpc) is 3.84. The second-order valence-electron chi connectivity index (χ2n) is 13.1. The van der Waals surface area contributed by atoms with Crippen LogP contribution in [-0.2, 0) is 0 Å². The van der Waals surface area contributed by atoms with Crippen molar-refractivity contribution in [2.45, 2.75) is 0 Å². The molecule has 0 saturated heterocycles. The van der Waals surface area contributed by atoms with Crippen LogP contribution in [0.5, 0.6) is 0 Å². The summed E-state index contributed by atoms with van der Waals surface area (Å²) >= 11 is 0. The smallest absolute Gasteiger partial charge is 0.235 e. The van der Waals surface area contributed by atoms with Gasteiger partial charge in [-0.2, -0.15) is 0 Å². The van der Waals surface area contributed by atoms with Crippen LogP contribution in [0.3, 0.4) is 0 Å². The van der Waals surface area contributed by atoms with Crippen molar-refractivity contribution < 1.29 is 0 Å². The van der Waals surface area contributed by atoms with Crippen LogP contribution in [-0.4, -0.2) is 23.9 Å². The van der Waals surface area contributed by atoms with Crippen molar-refractivity contribution in [2.75, 3.05) is 0 Å². The van der Waals surface area contributed by atoms with Crippen LogP contribution in [0.4, 0.5) is 0 Å². The summed E-state index contributed by atoms with van der Waals surface area (Å²) in [6.45, 7) is 0. The fraction of sp³-hybridized carbons (Fsp3) is 0. The fourth-order valence-electron chi connectivity index (χ4n) is 8.06. The van der Waals surface area contributed by atoms with Crippen molar-refractivity contribution in [3.63, 3.8) is 0 Å². The van der Waals surface area contributed by atoms with E-state index in [4.69, 9.17) is 9.97 Å². The molecule has 11 rings (SSSR count). The first-order valence-electron chi connectivity index (χ1n) is 17.3. The summed E-state index contributed by atoms with van der Waals surface area (Å²) < 4.78 is 7.11. The van der Waals surface area contributed by atoms with Crippen molar-refractivity contribution in [3.05, 3.63) is 176 Å². The highest BCUT2D eigenvalue weighted by Gasteiger charge is 2.24. The van der Waals surface area contributed by atoms with Crippen LogP contribution in [0, 0.1) is 0 Å². The van der Waals surface area contributed by atoms with Gasteiger partial charge in [-0.1, -0.05) is 146 Å². The molecule has 5 nitrogen and oxygen atoms in total. The number of benzene rings is 7. The van der Waals surface area contributed by atoms with Crippen LogP contribution in [0.2, 0.25) is 0 Å². The van der Waals surface area contributed by atoms with Gasteiger partial charge < -0.3 is 0 Å². The van der Waals surface area contributed by atoms with E-state index in [0.717, 1.165) is 66.4 Å². The standard InChI is InChI=1S/C46H29N5/c1-3-15-30(16-4-1)38-29-39(31-17-5-2-6-18-31)48-46(47-38)49-40-23-11-7-21-34(40)36-27-28-37-35-22-10-14-26-43(35)51(45(37)44(36)49)50-41-24-12-8-19-32(41)33-20-9-13-25-42(33)50/h1-29H. The molecule has 5 heteroatoms. The van der Waals surface area contributed by atoms with Gasteiger partial charge >= 0.3 is 0 Å². The Bertz CT molecular complexity index is 3020. The summed E-state index contributed by atoms with van der Waals surface area (Å²) in [7, 11) is 0. The molecule has 0 aliphatic rings. The molecule has 51 heavy (non-hydrogen) atoms. The maximum absolute atomic E-state index is 5.36. The minimum atomic E-state index is 0.632. The Morgan fingerprint density at radius 3 is 1.24 bits per heavy atom. The second kappa shape index (κ2) is 10.8.